The maximum absolute atomic E-state index is 12.4. The molecule has 1 atom stereocenters. The van der Waals surface area contributed by atoms with Crippen LogP contribution in [-0.2, 0) is 4.79 Å². The van der Waals surface area contributed by atoms with Crippen molar-refractivity contribution in [2.75, 3.05) is 11.4 Å². The molecule has 1 N–H and O–H groups in total. The van der Waals surface area contributed by atoms with E-state index in [0.29, 0.717) is 17.3 Å². The molecule has 1 aromatic heterocycles. The minimum atomic E-state index is -0.140. The molecular weight excluding hydrogens is 274 g/mol. The fraction of sp³-hybridized carbons (Fsp3) is 0.231. The Bertz CT molecular complexity index is 646. The van der Waals surface area contributed by atoms with E-state index in [1.807, 2.05) is 0 Å². The zero-order valence-corrected chi connectivity index (χ0v) is 11.3. The monoisotopic (exact) mass is 285 g/mol. The van der Waals surface area contributed by atoms with Gasteiger partial charge in [0.05, 0.1) is 16.9 Å². The van der Waals surface area contributed by atoms with Gasteiger partial charge < -0.3 is 4.90 Å². The van der Waals surface area contributed by atoms with Gasteiger partial charge in [0, 0.05) is 12.2 Å². The Balaban J connectivity index is 1.73. The lowest BCUT2D eigenvalue weighted by atomic mass is 10.2. The number of nitrogens with zero attached hydrogens (tertiary/aromatic N) is 4. The average molecular weight is 285 g/mol. The van der Waals surface area contributed by atoms with Crippen molar-refractivity contribution in [2.24, 2.45) is 0 Å². The Morgan fingerprint density at radius 1 is 1.40 bits per heavy atom. The van der Waals surface area contributed by atoms with E-state index < -0.39 is 0 Å². The van der Waals surface area contributed by atoms with Crippen LogP contribution in [0.5, 0.6) is 0 Å². The number of aromatic nitrogens is 3. The summed E-state index contributed by atoms with van der Waals surface area (Å²) in [5.41, 5.74) is 1.42. The van der Waals surface area contributed by atoms with Crippen molar-refractivity contribution in [2.45, 2.75) is 16.8 Å². The van der Waals surface area contributed by atoms with Crippen LogP contribution in [0.2, 0.25) is 0 Å². The molecule has 0 saturated carbocycles. The van der Waals surface area contributed by atoms with Crippen LogP contribution >= 0.6 is 11.8 Å². The average Bonchev–Trinajstić information content (AvgIpc) is 3.11. The number of amides is 1. The van der Waals surface area contributed by atoms with Crippen LogP contribution in [0.15, 0.2) is 35.7 Å². The molecule has 20 heavy (non-hydrogen) atoms. The molecule has 1 aliphatic rings. The third kappa shape index (κ3) is 2.38. The number of nitriles is 1. The lowest BCUT2D eigenvalue weighted by molar-refractivity contribution is -0.116. The summed E-state index contributed by atoms with van der Waals surface area (Å²) in [5, 5.41) is 15.8. The molecule has 6 nitrogen and oxygen atoms in total. The number of hydrogen-bond acceptors (Lipinski definition) is 5. The molecule has 2 heterocycles. The molecule has 1 aliphatic heterocycles. The van der Waals surface area contributed by atoms with Crippen LogP contribution in [0, 0.1) is 11.3 Å². The fourth-order valence-electron chi connectivity index (χ4n) is 2.12. The number of hydrogen-bond donors (Lipinski definition) is 1. The number of H-pyrrole nitrogens is 1. The molecule has 1 unspecified atom stereocenters. The summed E-state index contributed by atoms with van der Waals surface area (Å²) in [4.78, 5) is 18.1. The first-order valence-electron chi connectivity index (χ1n) is 6.11. The molecule has 1 aromatic carbocycles. The smallest absolute Gasteiger partial charge is 0.240 e. The molecule has 0 radical (unpaired) electrons. The van der Waals surface area contributed by atoms with Gasteiger partial charge >= 0.3 is 0 Å². The quantitative estimate of drug-likeness (QED) is 0.925. The van der Waals surface area contributed by atoms with E-state index in [2.05, 4.69) is 21.3 Å². The number of rotatable bonds is 3. The molecule has 2 aromatic rings. The van der Waals surface area contributed by atoms with E-state index in [0.717, 1.165) is 12.1 Å². The Kier molecular flexibility index (Phi) is 3.39. The molecule has 100 valence electrons. The highest BCUT2D eigenvalue weighted by atomic mass is 32.2. The third-order valence-corrected chi connectivity index (χ3v) is 4.25. The van der Waals surface area contributed by atoms with Gasteiger partial charge in [-0.25, -0.2) is 4.98 Å². The van der Waals surface area contributed by atoms with Gasteiger partial charge in [0.25, 0.3) is 0 Å². The Hall–Kier alpha value is -2.33. The van der Waals surface area contributed by atoms with Gasteiger partial charge in [-0.3, -0.25) is 9.89 Å². The van der Waals surface area contributed by atoms with Gasteiger partial charge in [0.1, 0.15) is 6.33 Å². The number of aromatic amines is 1. The topological polar surface area (TPSA) is 85.7 Å². The van der Waals surface area contributed by atoms with Gasteiger partial charge in [0.15, 0.2) is 5.16 Å². The summed E-state index contributed by atoms with van der Waals surface area (Å²) in [6.07, 6.45) is 2.20. The van der Waals surface area contributed by atoms with E-state index in [9.17, 15) is 4.79 Å². The van der Waals surface area contributed by atoms with E-state index in [1.54, 1.807) is 29.2 Å². The van der Waals surface area contributed by atoms with Crippen molar-refractivity contribution in [1.82, 2.24) is 15.2 Å². The number of thioether (sulfide) groups is 1. The Labute approximate surface area is 119 Å². The van der Waals surface area contributed by atoms with Crippen molar-refractivity contribution in [3.05, 3.63) is 36.2 Å². The Morgan fingerprint density at radius 2 is 2.20 bits per heavy atom. The van der Waals surface area contributed by atoms with Gasteiger partial charge in [-0.2, -0.15) is 10.4 Å². The highest BCUT2D eigenvalue weighted by Crippen LogP contribution is 2.31. The molecule has 1 fully saturated rings. The predicted molar refractivity (Wildman–Crippen MR) is 74.2 cm³/mol. The maximum Gasteiger partial charge on any atom is 0.240 e. The normalized spacial score (nSPS) is 18.2. The summed E-state index contributed by atoms with van der Waals surface area (Å²) < 4.78 is 0. The van der Waals surface area contributed by atoms with Crippen molar-refractivity contribution in [1.29, 1.82) is 5.26 Å². The summed E-state index contributed by atoms with van der Waals surface area (Å²) in [7, 11) is 0. The maximum atomic E-state index is 12.4. The minimum absolute atomic E-state index is 0.0658. The van der Waals surface area contributed by atoms with E-state index in [-0.39, 0.29) is 11.2 Å². The van der Waals surface area contributed by atoms with E-state index >= 15 is 0 Å². The van der Waals surface area contributed by atoms with Crippen molar-refractivity contribution < 1.29 is 4.79 Å². The highest BCUT2D eigenvalue weighted by Gasteiger charge is 2.33. The number of anilines is 1. The molecular formula is C13H11N5OS. The zero-order valence-electron chi connectivity index (χ0n) is 10.5. The summed E-state index contributed by atoms with van der Waals surface area (Å²) in [6, 6.07) is 9.12. The first-order chi connectivity index (χ1) is 9.78. The van der Waals surface area contributed by atoms with Crippen LogP contribution < -0.4 is 4.90 Å². The SMILES string of the molecule is N#Cc1ccc(N2CCC(Sc3ncn[nH]3)C2=O)cc1. The molecule has 0 aliphatic carbocycles. The zero-order chi connectivity index (χ0) is 13.9. The van der Waals surface area contributed by atoms with Crippen molar-refractivity contribution in [3.8, 4) is 6.07 Å². The van der Waals surface area contributed by atoms with Crippen LogP contribution in [0.1, 0.15) is 12.0 Å². The van der Waals surface area contributed by atoms with Gasteiger partial charge in [-0.05, 0) is 30.7 Å². The second kappa shape index (κ2) is 5.35. The Morgan fingerprint density at radius 3 is 2.85 bits per heavy atom. The van der Waals surface area contributed by atoms with Crippen LogP contribution in [0.25, 0.3) is 0 Å². The molecule has 1 saturated heterocycles. The van der Waals surface area contributed by atoms with Gasteiger partial charge in [-0.1, -0.05) is 11.8 Å². The number of carbonyl (C=O) groups is 1. The minimum Gasteiger partial charge on any atom is -0.311 e. The summed E-state index contributed by atoms with van der Waals surface area (Å²) in [5.74, 6) is 0.0658. The predicted octanol–water partition coefficient (Wildman–Crippen LogP) is 1.57. The van der Waals surface area contributed by atoms with Crippen molar-refractivity contribution >= 4 is 23.4 Å². The fourth-order valence-corrected chi connectivity index (χ4v) is 3.06. The van der Waals surface area contributed by atoms with E-state index in [4.69, 9.17) is 5.26 Å². The van der Waals surface area contributed by atoms with Gasteiger partial charge in [-0.15, -0.1) is 0 Å². The molecule has 0 spiro atoms. The first-order valence-corrected chi connectivity index (χ1v) is 6.99. The van der Waals surface area contributed by atoms with Crippen LogP contribution in [-0.4, -0.2) is 32.9 Å². The number of carbonyl (C=O) groups excluding carboxylic acids is 1. The van der Waals surface area contributed by atoms with Crippen molar-refractivity contribution in [3.63, 3.8) is 0 Å². The molecule has 0 bridgehead atoms. The molecule has 3 rings (SSSR count). The summed E-state index contributed by atoms with van der Waals surface area (Å²) >= 11 is 1.40. The van der Waals surface area contributed by atoms with Gasteiger partial charge in [0.2, 0.25) is 5.91 Å². The standard InChI is InChI=1S/C13H11N5OS/c14-7-9-1-3-10(4-2-9)18-6-5-11(12(18)19)20-13-15-8-16-17-13/h1-4,8,11H,5-6H2,(H,15,16,17). The van der Waals surface area contributed by atoms with Crippen LogP contribution in [0.3, 0.4) is 0 Å². The largest absolute Gasteiger partial charge is 0.311 e. The lowest BCUT2D eigenvalue weighted by Crippen LogP contribution is -2.27. The molecule has 7 heteroatoms. The second-order valence-electron chi connectivity index (χ2n) is 4.33. The highest BCUT2D eigenvalue weighted by molar-refractivity contribution is 8.00. The van der Waals surface area contributed by atoms with E-state index in [1.165, 1.54) is 18.1 Å². The van der Waals surface area contributed by atoms with Crippen LogP contribution in [0.4, 0.5) is 5.69 Å². The molecule has 1 amide bonds. The lowest BCUT2D eigenvalue weighted by Gasteiger charge is -2.16. The second-order valence-corrected chi connectivity index (χ2v) is 5.53. The third-order valence-electron chi connectivity index (χ3n) is 3.11. The summed E-state index contributed by atoms with van der Waals surface area (Å²) in [6.45, 7) is 0.677. The number of nitrogens with one attached hydrogen (secondary N) is 1. The first kappa shape index (κ1) is 12.7. The number of benzene rings is 1.